The third kappa shape index (κ3) is 2.92. The predicted octanol–water partition coefficient (Wildman–Crippen LogP) is 0.692. The maximum atomic E-state index is 11.6. The van der Waals surface area contributed by atoms with Crippen LogP contribution in [0.25, 0.3) is 0 Å². The summed E-state index contributed by atoms with van der Waals surface area (Å²) in [7, 11) is 1.53. The highest BCUT2D eigenvalue weighted by Gasteiger charge is 2.44. The Kier molecular flexibility index (Phi) is 3.26. The molecule has 0 aromatic heterocycles. The van der Waals surface area contributed by atoms with Gasteiger partial charge in [0.15, 0.2) is 0 Å². The average Bonchev–Trinajstić information content (AvgIpc) is 3.03. The van der Waals surface area contributed by atoms with E-state index in [9.17, 15) is 4.79 Å². The average molecular weight is 213 g/mol. The Bertz CT molecular complexity index is 224. The number of ether oxygens (including phenoxy) is 2. The molecule has 4 nitrogen and oxygen atoms in total. The van der Waals surface area contributed by atoms with Crippen molar-refractivity contribution >= 4 is 5.97 Å². The lowest BCUT2D eigenvalue weighted by Gasteiger charge is -2.19. The second-order valence-corrected chi connectivity index (χ2v) is 4.64. The molecule has 0 unspecified atom stereocenters. The Morgan fingerprint density at radius 1 is 1.33 bits per heavy atom. The van der Waals surface area contributed by atoms with Gasteiger partial charge in [-0.25, -0.2) is 0 Å². The number of carbonyl (C=O) groups is 1. The number of methoxy groups -OCH3 is 1. The van der Waals surface area contributed by atoms with Crippen LogP contribution in [0.5, 0.6) is 0 Å². The quantitative estimate of drug-likeness (QED) is 0.659. The lowest BCUT2D eigenvalue weighted by molar-refractivity contribution is -0.154. The summed E-state index contributed by atoms with van der Waals surface area (Å²) in [6.45, 7) is 0.237. The highest BCUT2D eigenvalue weighted by molar-refractivity contribution is 5.75. The largest absolute Gasteiger partial charge is 0.461 e. The summed E-state index contributed by atoms with van der Waals surface area (Å²) in [5, 5.41) is 0. The molecule has 2 aliphatic carbocycles. The molecule has 2 fully saturated rings. The van der Waals surface area contributed by atoms with Crippen LogP contribution in [0.2, 0.25) is 0 Å². The van der Waals surface area contributed by atoms with Crippen LogP contribution >= 0.6 is 0 Å². The molecule has 86 valence electrons. The van der Waals surface area contributed by atoms with Crippen LogP contribution in [-0.2, 0) is 14.3 Å². The van der Waals surface area contributed by atoms with Gasteiger partial charge >= 0.3 is 5.97 Å². The molecule has 1 atom stereocenters. The summed E-state index contributed by atoms with van der Waals surface area (Å²) in [5.74, 6) is 0.910. The van der Waals surface area contributed by atoms with Crippen molar-refractivity contribution < 1.29 is 14.3 Å². The topological polar surface area (TPSA) is 61.5 Å². The maximum Gasteiger partial charge on any atom is 0.325 e. The molecule has 0 amide bonds. The van der Waals surface area contributed by atoms with Gasteiger partial charge in [0.1, 0.15) is 12.1 Å². The van der Waals surface area contributed by atoms with Crippen molar-refractivity contribution in [1.82, 2.24) is 0 Å². The first kappa shape index (κ1) is 10.9. The molecule has 0 aliphatic heterocycles. The number of rotatable bonds is 6. The van der Waals surface area contributed by atoms with Crippen LogP contribution < -0.4 is 5.73 Å². The lowest BCUT2D eigenvalue weighted by Crippen LogP contribution is -2.39. The molecule has 0 saturated heterocycles. The minimum atomic E-state index is -0.630. The highest BCUT2D eigenvalue weighted by Crippen LogP contribution is 2.46. The van der Waals surface area contributed by atoms with Gasteiger partial charge in [-0.2, -0.15) is 0 Å². The zero-order valence-corrected chi connectivity index (χ0v) is 9.15. The van der Waals surface area contributed by atoms with E-state index in [0.717, 1.165) is 0 Å². The Hall–Kier alpha value is -0.610. The fraction of sp³-hybridized carbons (Fsp3) is 0.909. The number of carbonyl (C=O) groups excluding carboxylic acids is 1. The molecule has 0 spiro atoms. The van der Waals surface area contributed by atoms with Gasteiger partial charge in [0.05, 0.1) is 6.61 Å². The predicted molar refractivity (Wildman–Crippen MR) is 55.2 cm³/mol. The van der Waals surface area contributed by atoms with Crippen LogP contribution in [0.4, 0.5) is 0 Å². The van der Waals surface area contributed by atoms with E-state index in [0.29, 0.717) is 11.8 Å². The van der Waals surface area contributed by atoms with Crippen molar-refractivity contribution in [1.29, 1.82) is 0 Å². The van der Waals surface area contributed by atoms with Crippen molar-refractivity contribution in [3.63, 3.8) is 0 Å². The third-order valence-corrected chi connectivity index (χ3v) is 3.07. The molecule has 2 saturated carbocycles. The van der Waals surface area contributed by atoms with Gasteiger partial charge < -0.3 is 15.2 Å². The van der Waals surface area contributed by atoms with Gasteiger partial charge in [0, 0.05) is 7.11 Å². The van der Waals surface area contributed by atoms with Crippen molar-refractivity contribution in [3.8, 4) is 0 Å². The zero-order valence-electron chi connectivity index (χ0n) is 9.15. The zero-order chi connectivity index (χ0) is 10.8. The van der Waals surface area contributed by atoms with Gasteiger partial charge in [0.2, 0.25) is 0 Å². The van der Waals surface area contributed by atoms with E-state index in [2.05, 4.69) is 0 Å². The molecule has 2 aliphatic rings. The minimum Gasteiger partial charge on any atom is -0.461 e. The van der Waals surface area contributed by atoms with E-state index in [1.54, 1.807) is 0 Å². The van der Waals surface area contributed by atoms with Crippen molar-refractivity contribution in [2.24, 2.45) is 17.6 Å². The summed E-state index contributed by atoms with van der Waals surface area (Å²) in [5.41, 5.74) is 5.62. The number of hydrogen-bond donors (Lipinski definition) is 1. The number of hydrogen-bond acceptors (Lipinski definition) is 4. The Morgan fingerprint density at radius 2 is 1.87 bits per heavy atom. The summed E-state index contributed by atoms with van der Waals surface area (Å²) in [6, 6.07) is -0.630. The SMILES string of the molecule is COC[C@H](N)C(=O)OC(C1CC1)C1CC1. The molecule has 0 aromatic carbocycles. The van der Waals surface area contributed by atoms with Crippen LogP contribution in [0.15, 0.2) is 0 Å². The molecule has 15 heavy (non-hydrogen) atoms. The minimum absolute atomic E-state index is 0.139. The second-order valence-electron chi connectivity index (χ2n) is 4.64. The monoisotopic (exact) mass is 213 g/mol. The molecular formula is C11H19NO3. The fourth-order valence-corrected chi connectivity index (χ4v) is 1.90. The third-order valence-electron chi connectivity index (χ3n) is 3.07. The standard InChI is InChI=1S/C11H19NO3/c1-14-6-9(12)11(13)15-10(7-2-3-7)8-4-5-8/h7-10H,2-6,12H2,1H3/t9-/m0/s1. The fourth-order valence-electron chi connectivity index (χ4n) is 1.90. The van der Waals surface area contributed by atoms with Crippen LogP contribution in [0.1, 0.15) is 25.7 Å². The van der Waals surface area contributed by atoms with Crippen LogP contribution in [0.3, 0.4) is 0 Å². The Balaban J connectivity index is 1.80. The Labute approximate surface area is 90.1 Å². The van der Waals surface area contributed by atoms with E-state index < -0.39 is 6.04 Å². The molecule has 0 bridgehead atoms. The summed E-state index contributed by atoms with van der Waals surface area (Å²) in [4.78, 5) is 11.6. The highest BCUT2D eigenvalue weighted by atomic mass is 16.5. The molecule has 2 N–H and O–H groups in total. The smallest absolute Gasteiger partial charge is 0.325 e. The van der Waals surface area contributed by atoms with Crippen LogP contribution in [0, 0.1) is 11.8 Å². The molecule has 0 radical (unpaired) electrons. The van der Waals surface area contributed by atoms with Gasteiger partial charge in [0.25, 0.3) is 0 Å². The van der Waals surface area contributed by atoms with Crippen molar-refractivity contribution in [2.75, 3.05) is 13.7 Å². The second kappa shape index (κ2) is 4.49. The van der Waals surface area contributed by atoms with Gasteiger partial charge in [-0.1, -0.05) is 0 Å². The van der Waals surface area contributed by atoms with Crippen LogP contribution in [-0.4, -0.2) is 31.8 Å². The molecule has 2 rings (SSSR count). The van der Waals surface area contributed by atoms with Gasteiger partial charge in [-0.05, 0) is 37.5 Å². The van der Waals surface area contributed by atoms with E-state index >= 15 is 0 Å². The normalized spacial score (nSPS) is 22.9. The number of esters is 1. The molecule has 4 heteroatoms. The van der Waals surface area contributed by atoms with E-state index in [-0.39, 0.29) is 18.7 Å². The first-order valence-electron chi connectivity index (χ1n) is 5.67. The molecular weight excluding hydrogens is 194 g/mol. The van der Waals surface area contributed by atoms with Crippen molar-refractivity contribution in [2.45, 2.75) is 37.8 Å². The van der Waals surface area contributed by atoms with Crippen molar-refractivity contribution in [3.05, 3.63) is 0 Å². The first-order valence-corrected chi connectivity index (χ1v) is 5.67. The lowest BCUT2D eigenvalue weighted by atomic mass is 10.1. The van der Waals surface area contributed by atoms with E-state index in [1.165, 1.54) is 32.8 Å². The first-order chi connectivity index (χ1) is 7.22. The summed E-state index contributed by atoms with van der Waals surface area (Å²) >= 11 is 0. The van der Waals surface area contributed by atoms with E-state index in [1.807, 2.05) is 0 Å². The van der Waals surface area contributed by atoms with Gasteiger partial charge in [-0.15, -0.1) is 0 Å². The number of nitrogens with two attached hydrogens (primary N) is 1. The van der Waals surface area contributed by atoms with E-state index in [4.69, 9.17) is 15.2 Å². The van der Waals surface area contributed by atoms with Gasteiger partial charge in [-0.3, -0.25) is 4.79 Å². The molecule has 0 heterocycles. The molecule has 0 aromatic rings. The Morgan fingerprint density at radius 3 is 2.27 bits per heavy atom. The summed E-state index contributed by atoms with van der Waals surface area (Å²) < 4.78 is 10.3. The summed E-state index contributed by atoms with van der Waals surface area (Å²) in [6.07, 6.45) is 4.95. The maximum absolute atomic E-state index is 11.6.